The lowest BCUT2D eigenvalue weighted by atomic mass is 9.81. The molecule has 1 heterocycles. The molecule has 0 radical (unpaired) electrons. The molecule has 0 saturated heterocycles. The SMILES string of the molecule is CC1CCCC(CCNS(=O)(=O)c2ccsc2CO)C1. The normalized spacial score (nSPS) is 23.9. The predicted octanol–water partition coefficient (Wildman–Crippen LogP) is 2.74. The molecule has 2 unspecified atom stereocenters. The Morgan fingerprint density at radius 2 is 2.25 bits per heavy atom. The van der Waals surface area contributed by atoms with Gasteiger partial charge < -0.3 is 5.11 Å². The van der Waals surface area contributed by atoms with Gasteiger partial charge in [0.1, 0.15) is 0 Å². The first-order valence-corrected chi connectivity index (χ1v) is 9.56. The van der Waals surface area contributed by atoms with Crippen LogP contribution in [0.4, 0.5) is 0 Å². The Balaban J connectivity index is 1.87. The maximum absolute atomic E-state index is 12.2. The highest BCUT2D eigenvalue weighted by molar-refractivity contribution is 7.89. The lowest BCUT2D eigenvalue weighted by molar-refractivity contribution is 0.270. The monoisotopic (exact) mass is 317 g/mol. The summed E-state index contributed by atoms with van der Waals surface area (Å²) in [5.74, 6) is 1.41. The fourth-order valence-electron chi connectivity index (χ4n) is 2.98. The van der Waals surface area contributed by atoms with Crippen LogP contribution in [0.2, 0.25) is 0 Å². The van der Waals surface area contributed by atoms with Gasteiger partial charge in [0.05, 0.1) is 11.5 Å². The predicted molar refractivity (Wildman–Crippen MR) is 81.2 cm³/mol. The van der Waals surface area contributed by atoms with E-state index in [1.165, 1.54) is 37.0 Å². The van der Waals surface area contributed by atoms with Crippen LogP contribution in [-0.2, 0) is 16.6 Å². The van der Waals surface area contributed by atoms with Crippen LogP contribution in [-0.4, -0.2) is 20.1 Å². The van der Waals surface area contributed by atoms with Gasteiger partial charge in [-0.05, 0) is 36.1 Å². The van der Waals surface area contributed by atoms with Crippen molar-refractivity contribution in [3.63, 3.8) is 0 Å². The molecule has 2 N–H and O–H groups in total. The van der Waals surface area contributed by atoms with Crippen LogP contribution in [0.25, 0.3) is 0 Å². The Labute approximate surface area is 125 Å². The molecule has 0 aliphatic heterocycles. The van der Waals surface area contributed by atoms with Crippen molar-refractivity contribution in [2.75, 3.05) is 6.54 Å². The average Bonchev–Trinajstić information content (AvgIpc) is 2.87. The van der Waals surface area contributed by atoms with Crippen LogP contribution in [0.3, 0.4) is 0 Å². The molecule has 20 heavy (non-hydrogen) atoms. The second-order valence-corrected chi connectivity index (χ2v) is 8.43. The van der Waals surface area contributed by atoms with E-state index in [4.69, 9.17) is 5.11 Å². The number of hydrogen-bond acceptors (Lipinski definition) is 4. The molecule has 1 aromatic heterocycles. The number of sulfonamides is 1. The van der Waals surface area contributed by atoms with Gasteiger partial charge in [0.2, 0.25) is 10.0 Å². The number of thiophene rings is 1. The van der Waals surface area contributed by atoms with E-state index < -0.39 is 10.0 Å². The highest BCUT2D eigenvalue weighted by atomic mass is 32.2. The van der Waals surface area contributed by atoms with E-state index in [0.29, 0.717) is 17.3 Å². The minimum atomic E-state index is -3.47. The van der Waals surface area contributed by atoms with Gasteiger partial charge in [-0.2, -0.15) is 0 Å². The maximum Gasteiger partial charge on any atom is 0.241 e. The van der Waals surface area contributed by atoms with E-state index in [2.05, 4.69) is 11.6 Å². The fourth-order valence-corrected chi connectivity index (χ4v) is 5.32. The van der Waals surface area contributed by atoms with Crippen LogP contribution < -0.4 is 4.72 Å². The number of aliphatic hydroxyl groups is 1. The summed E-state index contributed by atoms with van der Waals surface area (Å²) in [6.07, 6.45) is 5.89. The van der Waals surface area contributed by atoms with Crippen molar-refractivity contribution >= 4 is 21.4 Å². The van der Waals surface area contributed by atoms with E-state index in [0.717, 1.165) is 12.3 Å². The Morgan fingerprint density at radius 3 is 2.95 bits per heavy atom. The van der Waals surface area contributed by atoms with Gasteiger partial charge in [-0.25, -0.2) is 13.1 Å². The first-order valence-electron chi connectivity index (χ1n) is 7.20. The zero-order valence-electron chi connectivity index (χ0n) is 11.8. The summed E-state index contributed by atoms with van der Waals surface area (Å²) in [4.78, 5) is 0.728. The minimum Gasteiger partial charge on any atom is -0.391 e. The molecule has 2 atom stereocenters. The zero-order chi connectivity index (χ0) is 14.6. The number of nitrogens with one attached hydrogen (secondary N) is 1. The summed E-state index contributed by atoms with van der Waals surface area (Å²) in [5.41, 5.74) is 0. The number of hydrogen-bond donors (Lipinski definition) is 2. The standard InChI is InChI=1S/C14H23NO3S2/c1-11-3-2-4-12(9-11)5-7-15-20(17,18)14-6-8-19-13(14)10-16/h6,8,11-12,15-16H,2-5,7,9-10H2,1H3. The molecule has 1 aromatic rings. The quantitative estimate of drug-likeness (QED) is 0.848. The summed E-state index contributed by atoms with van der Waals surface area (Å²) >= 11 is 1.27. The molecule has 6 heteroatoms. The van der Waals surface area contributed by atoms with Gasteiger partial charge in [-0.1, -0.05) is 26.2 Å². The molecule has 4 nitrogen and oxygen atoms in total. The summed E-state index contributed by atoms with van der Waals surface area (Å²) < 4.78 is 27.0. The molecule has 0 aromatic carbocycles. The van der Waals surface area contributed by atoms with E-state index in [1.807, 2.05) is 0 Å². The molecule has 114 valence electrons. The Bertz CT molecular complexity index is 524. The lowest BCUT2D eigenvalue weighted by Gasteiger charge is -2.26. The van der Waals surface area contributed by atoms with Crippen LogP contribution >= 0.6 is 11.3 Å². The van der Waals surface area contributed by atoms with Crippen molar-refractivity contribution in [2.45, 2.75) is 50.5 Å². The van der Waals surface area contributed by atoms with Gasteiger partial charge in [0.15, 0.2) is 0 Å². The van der Waals surface area contributed by atoms with E-state index in [-0.39, 0.29) is 11.5 Å². The van der Waals surface area contributed by atoms with Crippen molar-refractivity contribution in [3.05, 3.63) is 16.3 Å². The smallest absolute Gasteiger partial charge is 0.241 e. The van der Waals surface area contributed by atoms with Crippen molar-refractivity contribution < 1.29 is 13.5 Å². The number of aliphatic hydroxyl groups excluding tert-OH is 1. The van der Waals surface area contributed by atoms with Crippen molar-refractivity contribution in [1.29, 1.82) is 0 Å². The van der Waals surface area contributed by atoms with Crippen LogP contribution in [0.1, 0.15) is 43.9 Å². The summed E-state index contributed by atoms with van der Waals surface area (Å²) in [5, 5.41) is 10.8. The molecule has 0 amide bonds. The molecular formula is C14H23NO3S2. The fraction of sp³-hybridized carbons (Fsp3) is 0.714. The summed E-state index contributed by atoms with van der Waals surface area (Å²) in [6, 6.07) is 1.56. The molecule has 1 aliphatic rings. The third kappa shape index (κ3) is 4.04. The minimum absolute atomic E-state index is 0.224. The molecule has 2 rings (SSSR count). The van der Waals surface area contributed by atoms with E-state index in [1.54, 1.807) is 11.4 Å². The van der Waals surface area contributed by atoms with Gasteiger partial charge in [-0.15, -0.1) is 11.3 Å². The highest BCUT2D eigenvalue weighted by Gasteiger charge is 2.21. The Hall–Kier alpha value is -0.430. The first kappa shape index (κ1) is 15.9. The van der Waals surface area contributed by atoms with E-state index in [9.17, 15) is 8.42 Å². The topological polar surface area (TPSA) is 66.4 Å². The number of rotatable bonds is 6. The van der Waals surface area contributed by atoms with Crippen molar-refractivity contribution in [2.24, 2.45) is 11.8 Å². The Morgan fingerprint density at radius 1 is 1.45 bits per heavy atom. The van der Waals surface area contributed by atoms with Crippen molar-refractivity contribution in [3.8, 4) is 0 Å². The van der Waals surface area contributed by atoms with Crippen LogP contribution in [0.5, 0.6) is 0 Å². The van der Waals surface area contributed by atoms with Crippen LogP contribution in [0, 0.1) is 11.8 Å². The average molecular weight is 317 g/mol. The molecule has 1 fully saturated rings. The molecule has 0 spiro atoms. The van der Waals surface area contributed by atoms with Gasteiger partial charge in [0.25, 0.3) is 0 Å². The second-order valence-electron chi connectivity index (χ2n) is 5.69. The summed E-state index contributed by atoms with van der Waals surface area (Å²) in [6.45, 7) is 2.53. The largest absolute Gasteiger partial charge is 0.391 e. The lowest BCUT2D eigenvalue weighted by Crippen LogP contribution is -2.27. The maximum atomic E-state index is 12.2. The second kappa shape index (κ2) is 7.02. The van der Waals surface area contributed by atoms with Gasteiger partial charge in [-0.3, -0.25) is 0 Å². The third-order valence-electron chi connectivity index (χ3n) is 4.03. The Kier molecular flexibility index (Phi) is 5.60. The zero-order valence-corrected chi connectivity index (χ0v) is 13.5. The van der Waals surface area contributed by atoms with Crippen molar-refractivity contribution in [1.82, 2.24) is 4.72 Å². The highest BCUT2D eigenvalue weighted by Crippen LogP contribution is 2.30. The molecule has 1 aliphatic carbocycles. The first-order chi connectivity index (χ1) is 9.53. The van der Waals surface area contributed by atoms with Gasteiger partial charge >= 0.3 is 0 Å². The third-order valence-corrected chi connectivity index (χ3v) is 6.61. The summed E-state index contributed by atoms with van der Waals surface area (Å²) in [7, 11) is -3.47. The van der Waals surface area contributed by atoms with E-state index >= 15 is 0 Å². The van der Waals surface area contributed by atoms with Crippen LogP contribution in [0.15, 0.2) is 16.3 Å². The molecule has 0 bridgehead atoms. The van der Waals surface area contributed by atoms with Gasteiger partial charge in [0, 0.05) is 11.4 Å². The molecule has 1 saturated carbocycles. The molecular weight excluding hydrogens is 294 g/mol.